The molecule has 0 radical (unpaired) electrons. The van der Waals surface area contributed by atoms with Crippen molar-refractivity contribution < 1.29 is 0 Å². The fourth-order valence-corrected chi connectivity index (χ4v) is 1.20. The first-order valence-corrected chi connectivity index (χ1v) is 4.65. The van der Waals surface area contributed by atoms with E-state index in [1.807, 2.05) is 19.1 Å². The molecule has 1 aromatic rings. The molecule has 0 aromatic carbocycles. The highest BCUT2D eigenvalue weighted by Gasteiger charge is 2.02. The summed E-state index contributed by atoms with van der Waals surface area (Å²) in [5.41, 5.74) is 7.72. The zero-order valence-electron chi connectivity index (χ0n) is 8.25. The lowest BCUT2D eigenvalue weighted by Gasteiger charge is -2.15. The van der Waals surface area contributed by atoms with Crippen LogP contribution in [-0.2, 0) is 0 Å². The molecule has 0 aliphatic rings. The zero-order valence-corrected chi connectivity index (χ0v) is 8.25. The van der Waals surface area contributed by atoms with Crippen LogP contribution in [0.4, 0.5) is 5.69 Å². The minimum Gasteiger partial charge on any atom is -0.381 e. The average molecular weight is 179 g/mol. The van der Waals surface area contributed by atoms with Gasteiger partial charge >= 0.3 is 0 Å². The molecule has 1 unspecified atom stereocenters. The van der Waals surface area contributed by atoms with Crippen molar-refractivity contribution in [2.45, 2.75) is 26.3 Å². The molecule has 0 saturated heterocycles. The van der Waals surface area contributed by atoms with Crippen LogP contribution in [0.1, 0.15) is 19.0 Å². The summed E-state index contributed by atoms with van der Waals surface area (Å²) >= 11 is 0. The lowest BCUT2D eigenvalue weighted by atomic mass is 10.2. The van der Waals surface area contributed by atoms with Crippen LogP contribution in [0, 0.1) is 6.92 Å². The van der Waals surface area contributed by atoms with E-state index in [2.05, 4.69) is 17.2 Å². The smallest absolute Gasteiger partial charge is 0.0393 e. The Bertz CT molecular complexity index is 256. The predicted octanol–water partition coefficient (Wildman–Crippen LogP) is 1.54. The number of nitrogens with two attached hydrogens (primary N) is 1. The van der Waals surface area contributed by atoms with E-state index < -0.39 is 0 Å². The van der Waals surface area contributed by atoms with Gasteiger partial charge in [-0.1, -0.05) is 6.92 Å². The Kier molecular flexibility index (Phi) is 3.71. The highest BCUT2D eigenvalue weighted by Crippen LogP contribution is 2.09. The minimum absolute atomic E-state index is 0.363. The van der Waals surface area contributed by atoms with Crippen molar-refractivity contribution >= 4 is 5.69 Å². The Morgan fingerprint density at radius 3 is 2.92 bits per heavy atom. The average Bonchev–Trinajstić information content (AvgIpc) is 2.14. The van der Waals surface area contributed by atoms with Crippen LogP contribution in [0.15, 0.2) is 18.3 Å². The molecule has 0 saturated carbocycles. The number of nitrogens with zero attached hydrogens (tertiary/aromatic N) is 1. The third-order valence-electron chi connectivity index (χ3n) is 2.04. The Labute approximate surface area is 79.4 Å². The minimum atomic E-state index is 0.363. The fourth-order valence-electron chi connectivity index (χ4n) is 1.20. The van der Waals surface area contributed by atoms with Crippen LogP contribution >= 0.6 is 0 Å². The molecule has 1 rings (SSSR count). The topological polar surface area (TPSA) is 50.9 Å². The molecule has 1 atom stereocenters. The normalized spacial score (nSPS) is 12.5. The molecule has 72 valence electrons. The van der Waals surface area contributed by atoms with Crippen LogP contribution in [0.25, 0.3) is 0 Å². The van der Waals surface area contributed by atoms with Crippen LogP contribution in [0.5, 0.6) is 0 Å². The number of pyridine rings is 1. The molecule has 0 aliphatic carbocycles. The van der Waals surface area contributed by atoms with Crippen LogP contribution in [0.2, 0.25) is 0 Å². The first-order chi connectivity index (χ1) is 6.26. The molecule has 0 fully saturated rings. The quantitative estimate of drug-likeness (QED) is 0.737. The standard InChI is InChI=1S/C10H17N3/c1-3-9(7-11)13-10-4-5-12-8(2)6-10/h4-6,9H,3,7,11H2,1-2H3,(H,12,13). The lowest BCUT2D eigenvalue weighted by molar-refractivity contribution is 0.703. The molecule has 3 N–H and O–H groups in total. The summed E-state index contributed by atoms with van der Waals surface area (Å²) in [6.45, 7) is 4.77. The van der Waals surface area contributed by atoms with Crippen molar-refractivity contribution in [3.05, 3.63) is 24.0 Å². The molecule has 0 aliphatic heterocycles. The second-order valence-corrected chi connectivity index (χ2v) is 3.17. The summed E-state index contributed by atoms with van der Waals surface area (Å²) in [7, 11) is 0. The number of hydrogen-bond acceptors (Lipinski definition) is 3. The number of hydrogen-bond donors (Lipinski definition) is 2. The van der Waals surface area contributed by atoms with Crippen molar-refractivity contribution in [3.8, 4) is 0 Å². The van der Waals surface area contributed by atoms with Gasteiger partial charge in [0.2, 0.25) is 0 Å². The summed E-state index contributed by atoms with van der Waals surface area (Å²) in [6.07, 6.45) is 2.85. The lowest BCUT2D eigenvalue weighted by Crippen LogP contribution is -2.27. The van der Waals surface area contributed by atoms with Gasteiger partial charge in [0.05, 0.1) is 0 Å². The van der Waals surface area contributed by atoms with Gasteiger partial charge in [0.25, 0.3) is 0 Å². The summed E-state index contributed by atoms with van der Waals surface area (Å²) in [5.74, 6) is 0. The molecular weight excluding hydrogens is 162 g/mol. The van der Waals surface area contributed by atoms with E-state index in [9.17, 15) is 0 Å². The van der Waals surface area contributed by atoms with Gasteiger partial charge in [-0.15, -0.1) is 0 Å². The van der Waals surface area contributed by atoms with Crippen molar-refractivity contribution in [2.75, 3.05) is 11.9 Å². The van der Waals surface area contributed by atoms with Gasteiger partial charge in [-0.25, -0.2) is 0 Å². The summed E-state index contributed by atoms with van der Waals surface area (Å²) in [6, 6.07) is 4.35. The Balaban J connectivity index is 2.62. The Hall–Kier alpha value is -1.09. The molecule has 1 aromatic heterocycles. The maximum atomic E-state index is 5.59. The van der Waals surface area contributed by atoms with Crippen LogP contribution in [0.3, 0.4) is 0 Å². The van der Waals surface area contributed by atoms with Crippen molar-refractivity contribution in [1.82, 2.24) is 4.98 Å². The first kappa shape index (κ1) is 9.99. The fraction of sp³-hybridized carbons (Fsp3) is 0.500. The number of nitrogens with one attached hydrogen (secondary N) is 1. The first-order valence-electron chi connectivity index (χ1n) is 4.65. The zero-order chi connectivity index (χ0) is 9.68. The third-order valence-corrected chi connectivity index (χ3v) is 2.04. The van der Waals surface area contributed by atoms with Crippen molar-refractivity contribution in [3.63, 3.8) is 0 Å². The van der Waals surface area contributed by atoms with Gasteiger partial charge in [-0.2, -0.15) is 0 Å². The Morgan fingerprint density at radius 1 is 1.62 bits per heavy atom. The van der Waals surface area contributed by atoms with Gasteiger partial charge in [0, 0.05) is 30.2 Å². The van der Waals surface area contributed by atoms with E-state index in [4.69, 9.17) is 5.73 Å². The second kappa shape index (κ2) is 4.82. The molecule has 3 nitrogen and oxygen atoms in total. The molecule has 13 heavy (non-hydrogen) atoms. The number of aromatic nitrogens is 1. The molecule has 0 amide bonds. The number of rotatable bonds is 4. The van der Waals surface area contributed by atoms with Crippen molar-refractivity contribution in [2.24, 2.45) is 5.73 Å². The van der Waals surface area contributed by atoms with Gasteiger partial charge in [0.1, 0.15) is 0 Å². The third kappa shape index (κ3) is 3.03. The highest BCUT2D eigenvalue weighted by molar-refractivity contribution is 5.43. The summed E-state index contributed by atoms with van der Waals surface area (Å²) < 4.78 is 0. The maximum Gasteiger partial charge on any atom is 0.0393 e. The van der Waals surface area contributed by atoms with Gasteiger partial charge in [0.15, 0.2) is 0 Å². The second-order valence-electron chi connectivity index (χ2n) is 3.17. The van der Waals surface area contributed by atoms with Crippen LogP contribution in [-0.4, -0.2) is 17.6 Å². The monoisotopic (exact) mass is 179 g/mol. The summed E-state index contributed by atoms with van der Waals surface area (Å²) in [5, 5.41) is 3.35. The molecule has 0 spiro atoms. The van der Waals surface area contributed by atoms with Crippen LogP contribution < -0.4 is 11.1 Å². The number of anilines is 1. The SMILES string of the molecule is CCC(CN)Nc1ccnc(C)c1. The highest BCUT2D eigenvalue weighted by atomic mass is 14.9. The molecular formula is C10H17N3. The van der Waals surface area contributed by atoms with Crippen molar-refractivity contribution in [1.29, 1.82) is 0 Å². The molecule has 0 bridgehead atoms. The summed E-state index contributed by atoms with van der Waals surface area (Å²) in [4.78, 5) is 4.13. The van der Waals surface area contributed by atoms with E-state index in [1.54, 1.807) is 6.20 Å². The van der Waals surface area contributed by atoms with Gasteiger partial charge in [-0.3, -0.25) is 4.98 Å². The van der Waals surface area contributed by atoms with Gasteiger partial charge < -0.3 is 11.1 Å². The number of aryl methyl sites for hydroxylation is 1. The Morgan fingerprint density at radius 2 is 2.38 bits per heavy atom. The largest absolute Gasteiger partial charge is 0.381 e. The van der Waals surface area contributed by atoms with E-state index in [-0.39, 0.29) is 0 Å². The molecule has 1 heterocycles. The maximum absolute atomic E-state index is 5.59. The van der Waals surface area contributed by atoms with Gasteiger partial charge in [-0.05, 0) is 25.5 Å². The van der Waals surface area contributed by atoms with E-state index in [0.29, 0.717) is 12.6 Å². The van der Waals surface area contributed by atoms with E-state index in [1.165, 1.54) is 0 Å². The molecule has 3 heteroatoms. The van der Waals surface area contributed by atoms with E-state index >= 15 is 0 Å². The van der Waals surface area contributed by atoms with E-state index in [0.717, 1.165) is 17.8 Å². The predicted molar refractivity (Wildman–Crippen MR) is 55.7 cm³/mol.